The van der Waals surface area contributed by atoms with Crippen LogP contribution in [0, 0.1) is 0 Å². The molecule has 5 heteroatoms. The second kappa shape index (κ2) is 4.84. The Morgan fingerprint density at radius 1 is 1.67 bits per heavy atom. The number of hydrogen-bond acceptors (Lipinski definition) is 3. The van der Waals surface area contributed by atoms with E-state index in [1.165, 1.54) is 0 Å². The van der Waals surface area contributed by atoms with E-state index in [4.69, 9.17) is 5.73 Å². The van der Waals surface area contributed by atoms with E-state index in [1.807, 2.05) is 25.9 Å². The van der Waals surface area contributed by atoms with Crippen LogP contribution in [0.3, 0.4) is 0 Å². The van der Waals surface area contributed by atoms with E-state index in [1.54, 1.807) is 12.3 Å². The van der Waals surface area contributed by atoms with Crippen LogP contribution in [0.1, 0.15) is 17.4 Å². The number of carbonyl (C=O) groups is 1. The number of carbonyl (C=O) groups excluding carboxylic acids is 1. The monoisotopic (exact) mass is 210 g/mol. The second-order valence-electron chi connectivity index (χ2n) is 3.98. The Labute approximate surface area is 89.6 Å². The molecular formula is C10H18N4O. The van der Waals surface area contributed by atoms with Gasteiger partial charge in [-0.1, -0.05) is 0 Å². The lowest BCUT2D eigenvalue weighted by Gasteiger charge is -2.17. The maximum atomic E-state index is 11.6. The molecule has 1 aromatic rings. The number of nitrogens with zero attached hydrogens (tertiary/aromatic N) is 1. The highest BCUT2D eigenvalue weighted by molar-refractivity contribution is 5.93. The smallest absolute Gasteiger partial charge is 0.268 e. The van der Waals surface area contributed by atoms with Gasteiger partial charge >= 0.3 is 0 Å². The average molecular weight is 210 g/mol. The molecule has 1 aromatic heterocycles. The lowest BCUT2D eigenvalue weighted by molar-refractivity contribution is 0.0930. The third kappa shape index (κ3) is 3.63. The van der Waals surface area contributed by atoms with E-state index in [0.717, 1.165) is 6.54 Å². The zero-order valence-corrected chi connectivity index (χ0v) is 9.37. The number of aromatic nitrogens is 1. The highest BCUT2D eigenvalue weighted by Gasteiger charge is 2.11. The molecule has 0 radical (unpaired) electrons. The summed E-state index contributed by atoms with van der Waals surface area (Å²) in [5.41, 5.74) is 6.58. The first-order chi connectivity index (χ1) is 6.99. The first-order valence-electron chi connectivity index (χ1n) is 4.88. The maximum Gasteiger partial charge on any atom is 0.268 e. The molecule has 1 heterocycles. The lowest BCUT2D eigenvalue weighted by Crippen LogP contribution is -2.39. The molecule has 1 atom stereocenters. The van der Waals surface area contributed by atoms with E-state index in [0.29, 0.717) is 11.4 Å². The van der Waals surface area contributed by atoms with Gasteiger partial charge in [-0.05, 0) is 27.1 Å². The Kier molecular flexibility index (Phi) is 3.74. The fraction of sp³-hybridized carbons (Fsp3) is 0.500. The van der Waals surface area contributed by atoms with Crippen LogP contribution in [0.2, 0.25) is 0 Å². The third-order valence-corrected chi connectivity index (χ3v) is 1.97. The summed E-state index contributed by atoms with van der Waals surface area (Å²) in [6.45, 7) is 2.77. The number of aromatic amines is 1. The predicted octanol–water partition coefficient (Wildman–Crippen LogP) is 0.277. The minimum absolute atomic E-state index is 0.108. The van der Waals surface area contributed by atoms with Gasteiger partial charge in [0.15, 0.2) is 0 Å². The standard InChI is InChI=1S/C10H18N4O/c1-7(6-14(2)3)13-10(15)9-4-8(11)5-12-9/h4-5,7,12H,6,11H2,1-3H3,(H,13,15). The Morgan fingerprint density at radius 3 is 2.80 bits per heavy atom. The molecule has 0 aliphatic rings. The van der Waals surface area contributed by atoms with E-state index in [-0.39, 0.29) is 11.9 Å². The minimum Gasteiger partial charge on any atom is -0.397 e. The van der Waals surface area contributed by atoms with E-state index in [9.17, 15) is 4.79 Å². The van der Waals surface area contributed by atoms with Gasteiger partial charge in [0.2, 0.25) is 0 Å². The van der Waals surface area contributed by atoms with Crippen LogP contribution in [-0.2, 0) is 0 Å². The maximum absolute atomic E-state index is 11.6. The molecule has 5 nitrogen and oxygen atoms in total. The summed E-state index contributed by atoms with van der Waals surface area (Å²) in [6, 6.07) is 1.73. The minimum atomic E-state index is -0.124. The number of nitrogen functional groups attached to an aromatic ring is 1. The molecule has 0 aromatic carbocycles. The van der Waals surface area contributed by atoms with Crippen molar-refractivity contribution in [3.8, 4) is 0 Å². The van der Waals surface area contributed by atoms with Crippen LogP contribution >= 0.6 is 0 Å². The van der Waals surface area contributed by atoms with Crippen molar-refractivity contribution in [2.24, 2.45) is 0 Å². The summed E-state index contributed by atoms with van der Waals surface area (Å²) in [4.78, 5) is 16.5. The summed E-state index contributed by atoms with van der Waals surface area (Å²) in [5, 5.41) is 2.87. The lowest BCUT2D eigenvalue weighted by atomic mass is 10.3. The number of hydrogen-bond donors (Lipinski definition) is 3. The fourth-order valence-electron chi connectivity index (χ4n) is 1.44. The largest absolute Gasteiger partial charge is 0.397 e. The molecule has 15 heavy (non-hydrogen) atoms. The van der Waals surface area contributed by atoms with Gasteiger partial charge in [-0.15, -0.1) is 0 Å². The van der Waals surface area contributed by atoms with Crippen molar-refractivity contribution in [2.45, 2.75) is 13.0 Å². The summed E-state index contributed by atoms with van der Waals surface area (Å²) >= 11 is 0. The first-order valence-corrected chi connectivity index (χ1v) is 4.88. The zero-order valence-electron chi connectivity index (χ0n) is 9.37. The van der Waals surface area contributed by atoms with Crippen molar-refractivity contribution in [2.75, 3.05) is 26.4 Å². The third-order valence-electron chi connectivity index (χ3n) is 1.97. The summed E-state index contributed by atoms with van der Waals surface area (Å²) in [7, 11) is 3.94. The first kappa shape index (κ1) is 11.6. The Hall–Kier alpha value is -1.49. The second-order valence-corrected chi connectivity index (χ2v) is 3.98. The van der Waals surface area contributed by atoms with Gasteiger partial charge in [0.25, 0.3) is 5.91 Å². The molecular weight excluding hydrogens is 192 g/mol. The fourth-order valence-corrected chi connectivity index (χ4v) is 1.44. The molecule has 1 amide bonds. The van der Waals surface area contributed by atoms with Crippen LogP contribution in [-0.4, -0.2) is 42.5 Å². The quantitative estimate of drug-likeness (QED) is 0.668. The van der Waals surface area contributed by atoms with Gasteiger partial charge < -0.3 is 20.9 Å². The molecule has 1 unspecified atom stereocenters. The van der Waals surface area contributed by atoms with Gasteiger partial charge in [-0.3, -0.25) is 4.79 Å². The number of nitrogens with two attached hydrogens (primary N) is 1. The molecule has 0 spiro atoms. The number of rotatable bonds is 4. The zero-order chi connectivity index (χ0) is 11.4. The summed E-state index contributed by atoms with van der Waals surface area (Å²) in [6.07, 6.45) is 1.60. The number of anilines is 1. The predicted molar refractivity (Wildman–Crippen MR) is 60.7 cm³/mol. The van der Waals surface area contributed by atoms with E-state index in [2.05, 4.69) is 10.3 Å². The van der Waals surface area contributed by atoms with Crippen LogP contribution in [0.4, 0.5) is 5.69 Å². The van der Waals surface area contributed by atoms with Crippen molar-refractivity contribution in [3.05, 3.63) is 18.0 Å². The molecule has 0 aliphatic heterocycles. The van der Waals surface area contributed by atoms with Gasteiger partial charge in [0, 0.05) is 24.5 Å². The molecule has 0 saturated carbocycles. The molecule has 0 bridgehead atoms. The average Bonchev–Trinajstić information content (AvgIpc) is 2.49. The topological polar surface area (TPSA) is 74.2 Å². The van der Waals surface area contributed by atoms with Crippen molar-refractivity contribution in [1.29, 1.82) is 0 Å². The van der Waals surface area contributed by atoms with Gasteiger partial charge in [-0.2, -0.15) is 0 Å². The number of H-pyrrole nitrogens is 1. The van der Waals surface area contributed by atoms with Crippen LogP contribution in [0.15, 0.2) is 12.3 Å². The van der Waals surface area contributed by atoms with E-state index < -0.39 is 0 Å². The Balaban J connectivity index is 2.49. The molecule has 4 N–H and O–H groups in total. The number of nitrogens with one attached hydrogen (secondary N) is 2. The molecule has 1 rings (SSSR count). The Morgan fingerprint density at radius 2 is 2.33 bits per heavy atom. The van der Waals surface area contributed by atoms with Crippen LogP contribution < -0.4 is 11.1 Å². The Bertz CT molecular complexity index is 332. The van der Waals surface area contributed by atoms with Gasteiger partial charge in [-0.25, -0.2) is 0 Å². The summed E-state index contributed by atoms with van der Waals surface area (Å²) in [5.74, 6) is -0.124. The van der Waals surface area contributed by atoms with Crippen molar-refractivity contribution in [1.82, 2.24) is 15.2 Å². The van der Waals surface area contributed by atoms with Crippen molar-refractivity contribution in [3.63, 3.8) is 0 Å². The molecule has 0 saturated heterocycles. The van der Waals surface area contributed by atoms with Crippen LogP contribution in [0.5, 0.6) is 0 Å². The molecule has 0 aliphatic carbocycles. The molecule has 84 valence electrons. The SMILES string of the molecule is CC(CN(C)C)NC(=O)c1cc(N)c[nH]1. The number of likely N-dealkylation sites (N-methyl/N-ethyl adjacent to an activating group) is 1. The van der Waals surface area contributed by atoms with Gasteiger partial charge in [0.05, 0.1) is 0 Å². The molecule has 0 fully saturated rings. The van der Waals surface area contributed by atoms with E-state index >= 15 is 0 Å². The number of amides is 1. The van der Waals surface area contributed by atoms with Crippen molar-refractivity contribution >= 4 is 11.6 Å². The highest BCUT2D eigenvalue weighted by atomic mass is 16.1. The van der Waals surface area contributed by atoms with Crippen molar-refractivity contribution < 1.29 is 4.79 Å². The normalized spacial score (nSPS) is 12.8. The van der Waals surface area contributed by atoms with Gasteiger partial charge in [0.1, 0.15) is 5.69 Å². The summed E-state index contributed by atoms with van der Waals surface area (Å²) < 4.78 is 0. The highest BCUT2D eigenvalue weighted by Crippen LogP contribution is 2.04. The van der Waals surface area contributed by atoms with Crippen LogP contribution in [0.25, 0.3) is 0 Å².